The highest BCUT2D eigenvalue weighted by Gasteiger charge is 2.05. The molecule has 0 aromatic carbocycles. The minimum absolute atomic E-state index is 0.448. The third kappa shape index (κ3) is 4.52. The van der Waals surface area contributed by atoms with E-state index in [4.69, 9.17) is 4.52 Å². The van der Waals surface area contributed by atoms with Crippen molar-refractivity contribution < 1.29 is 4.52 Å². The Labute approximate surface area is 145 Å². The summed E-state index contributed by atoms with van der Waals surface area (Å²) in [5.41, 5.74) is 0.820. The van der Waals surface area contributed by atoms with Crippen LogP contribution < -0.4 is 10.6 Å². The van der Waals surface area contributed by atoms with E-state index in [0.29, 0.717) is 18.3 Å². The number of nitrogens with one attached hydrogen (secondary N) is 2. The van der Waals surface area contributed by atoms with E-state index >= 15 is 0 Å². The molecule has 0 unspecified atom stereocenters. The highest BCUT2D eigenvalue weighted by molar-refractivity contribution is 5.79. The smallest absolute Gasteiger partial charge is 0.226 e. The first kappa shape index (κ1) is 16.9. The molecule has 3 heterocycles. The van der Waals surface area contributed by atoms with Crippen molar-refractivity contribution >= 4 is 11.6 Å². The lowest BCUT2D eigenvalue weighted by molar-refractivity contribution is 0.372. The molecular formula is C16H22N8O. The number of fused-ring (bicyclic) bond motifs is 1. The van der Waals surface area contributed by atoms with Gasteiger partial charge in [-0.3, -0.25) is 4.40 Å². The van der Waals surface area contributed by atoms with Gasteiger partial charge in [-0.2, -0.15) is 4.98 Å². The molecule has 0 aliphatic rings. The molecule has 9 heteroatoms. The van der Waals surface area contributed by atoms with Gasteiger partial charge in [0.1, 0.15) is 6.54 Å². The topological polar surface area (TPSA) is 106 Å². The van der Waals surface area contributed by atoms with Crippen molar-refractivity contribution in [2.24, 2.45) is 4.99 Å². The SMILES string of the molecule is CCNC(=NCc1nnc2ccccn12)NCCCc1nc(C)no1. The second-order valence-electron chi connectivity index (χ2n) is 5.51. The quantitative estimate of drug-likeness (QED) is 0.376. The molecule has 25 heavy (non-hydrogen) atoms. The van der Waals surface area contributed by atoms with Gasteiger partial charge in [-0.05, 0) is 32.4 Å². The predicted octanol–water partition coefficient (Wildman–Crippen LogP) is 1.11. The maximum atomic E-state index is 5.10. The molecule has 0 radical (unpaired) electrons. The van der Waals surface area contributed by atoms with E-state index in [1.165, 1.54) is 0 Å². The molecule has 0 aliphatic heterocycles. The van der Waals surface area contributed by atoms with Gasteiger partial charge >= 0.3 is 0 Å². The first-order valence-electron chi connectivity index (χ1n) is 8.36. The van der Waals surface area contributed by atoms with Gasteiger partial charge < -0.3 is 15.2 Å². The van der Waals surface area contributed by atoms with Crippen molar-refractivity contribution in [3.05, 3.63) is 41.9 Å². The molecule has 0 fully saturated rings. The highest BCUT2D eigenvalue weighted by atomic mass is 16.5. The molecule has 0 atom stereocenters. The van der Waals surface area contributed by atoms with E-state index in [2.05, 4.69) is 36.0 Å². The number of aromatic nitrogens is 5. The molecule has 3 rings (SSSR count). The van der Waals surface area contributed by atoms with Crippen molar-refractivity contribution in [2.45, 2.75) is 33.2 Å². The standard InChI is InChI=1S/C16H22N8O/c1-3-17-16(18-9-6-8-15-20-12(2)23-25-15)19-11-14-22-21-13-7-4-5-10-24(13)14/h4-5,7,10H,3,6,8-9,11H2,1-2H3,(H2,17,18,19). The van der Waals surface area contributed by atoms with Gasteiger partial charge in [0.05, 0.1) is 0 Å². The molecular weight excluding hydrogens is 320 g/mol. The monoisotopic (exact) mass is 342 g/mol. The summed E-state index contributed by atoms with van der Waals surface area (Å²) in [4.78, 5) is 8.77. The van der Waals surface area contributed by atoms with E-state index in [-0.39, 0.29) is 0 Å². The molecule has 0 aliphatic carbocycles. The zero-order valence-electron chi connectivity index (χ0n) is 14.4. The van der Waals surface area contributed by atoms with Crippen molar-refractivity contribution in [2.75, 3.05) is 13.1 Å². The summed E-state index contributed by atoms with van der Waals surface area (Å²) in [7, 11) is 0. The Balaban J connectivity index is 1.53. The summed E-state index contributed by atoms with van der Waals surface area (Å²) < 4.78 is 7.04. The first-order chi connectivity index (χ1) is 12.3. The Kier molecular flexibility index (Phi) is 5.55. The maximum absolute atomic E-state index is 5.10. The lowest BCUT2D eigenvalue weighted by Crippen LogP contribution is -2.37. The summed E-state index contributed by atoms with van der Waals surface area (Å²) in [6.45, 7) is 5.84. The fourth-order valence-electron chi connectivity index (χ4n) is 2.38. The summed E-state index contributed by atoms with van der Waals surface area (Å²) in [5, 5.41) is 18.6. The zero-order chi connectivity index (χ0) is 17.5. The normalized spacial score (nSPS) is 11.8. The Bertz CT molecular complexity index is 837. The van der Waals surface area contributed by atoms with E-state index in [0.717, 1.165) is 43.4 Å². The minimum Gasteiger partial charge on any atom is -0.357 e. The van der Waals surface area contributed by atoms with Crippen LogP contribution in [0.5, 0.6) is 0 Å². The molecule has 3 aromatic heterocycles. The number of pyridine rings is 1. The van der Waals surface area contributed by atoms with Gasteiger partial charge in [0.25, 0.3) is 0 Å². The van der Waals surface area contributed by atoms with Crippen molar-refractivity contribution in [1.29, 1.82) is 0 Å². The van der Waals surface area contributed by atoms with Gasteiger partial charge in [-0.1, -0.05) is 11.2 Å². The van der Waals surface area contributed by atoms with E-state index in [1.807, 2.05) is 42.6 Å². The number of guanidine groups is 1. The lowest BCUT2D eigenvalue weighted by atomic mass is 10.3. The Hall–Kier alpha value is -2.97. The van der Waals surface area contributed by atoms with E-state index < -0.39 is 0 Å². The molecule has 3 aromatic rings. The number of rotatable bonds is 7. The van der Waals surface area contributed by atoms with Crippen LogP contribution in [0.2, 0.25) is 0 Å². The van der Waals surface area contributed by atoms with Crippen LogP contribution >= 0.6 is 0 Å². The minimum atomic E-state index is 0.448. The molecule has 0 amide bonds. The third-order valence-electron chi connectivity index (χ3n) is 3.54. The zero-order valence-corrected chi connectivity index (χ0v) is 14.4. The summed E-state index contributed by atoms with van der Waals surface area (Å²) >= 11 is 0. The molecule has 2 N–H and O–H groups in total. The number of hydrogen-bond donors (Lipinski definition) is 2. The molecule has 0 spiro atoms. The third-order valence-corrected chi connectivity index (χ3v) is 3.54. The van der Waals surface area contributed by atoms with Gasteiger partial charge in [0, 0.05) is 25.7 Å². The molecule has 132 valence electrons. The number of aryl methyl sites for hydroxylation is 2. The lowest BCUT2D eigenvalue weighted by Gasteiger charge is -2.10. The fraction of sp³-hybridized carbons (Fsp3) is 0.438. The van der Waals surface area contributed by atoms with Crippen LogP contribution in [0.3, 0.4) is 0 Å². The number of nitrogens with zero attached hydrogens (tertiary/aromatic N) is 6. The fourth-order valence-corrected chi connectivity index (χ4v) is 2.38. The summed E-state index contributed by atoms with van der Waals surface area (Å²) in [6, 6.07) is 5.81. The maximum Gasteiger partial charge on any atom is 0.226 e. The first-order valence-corrected chi connectivity index (χ1v) is 8.36. The van der Waals surface area contributed by atoms with Crippen LogP contribution in [-0.4, -0.2) is 43.8 Å². The van der Waals surface area contributed by atoms with Gasteiger partial charge in [0.2, 0.25) is 5.89 Å². The van der Waals surface area contributed by atoms with Crippen LogP contribution in [0, 0.1) is 6.92 Å². The van der Waals surface area contributed by atoms with Crippen LogP contribution in [0.25, 0.3) is 5.65 Å². The Morgan fingerprint density at radius 3 is 3.00 bits per heavy atom. The second-order valence-corrected chi connectivity index (χ2v) is 5.51. The number of hydrogen-bond acceptors (Lipinski definition) is 6. The average molecular weight is 342 g/mol. The largest absolute Gasteiger partial charge is 0.357 e. The van der Waals surface area contributed by atoms with Crippen LogP contribution in [-0.2, 0) is 13.0 Å². The van der Waals surface area contributed by atoms with Crippen molar-refractivity contribution in [3.63, 3.8) is 0 Å². The molecule has 0 saturated carbocycles. The van der Waals surface area contributed by atoms with Crippen LogP contribution in [0.1, 0.15) is 30.9 Å². The average Bonchev–Trinajstić information content (AvgIpc) is 3.22. The van der Waals surface area contributed by atoms with Crippen molar-refractivity contribution in [1.82, 2.24) is 35.4 Å². The van der Waals surface area contributed by atoms with Crippen LogP contribution in [0.15, 0.2) is 33.9 Å². The summed E-state index contributed by atoms with van der Waals surface area (Å²) in [5.74, 6) is 2.88. The number of aliphatic imine (C=N–C) groups is 1. The molecule has 9 nitrogen and oxygen atoms in total. The van der Waals surface area contributed by atoms with Gasteiger partial charge in [-0.15, -0.1) is 10.2 Å². The van der Waals surface area contributed by atoms with Gasteiger partial charge in [-0.25, -0.2) is 4.99 Å². The highest BCUT2D eigenvalue weighted by Crippen LogP contribution is 2.04. The Morgan fingerprint density at radius 2 is 2.20 bits per heavy atom. The van der Waals surface area contributed by atoms with E-state index in [1.54, 1.807) is 0 Å². The van der Waals surface area contributed by atoms with Crippen molar-refractivity contribution in [3.8, 4) is 0 Å². The van der Waals surface area contributed by atoms with E-state index in [9.17, 15) is 0 Å². The Morgan fingerprint density at radius 1 is 1.28 bits per heavy atom. The van der Waals surface area contributed by atoms with Gasteiger partial charge in [0.15, 0.2) is 23.3 Å². The molecule has 0 saturated heterocycles. The predicted molar refractivity (Wildman–Crippen MR) is 93.2 cm³/mol. The van der Waals surface area contributed by atoms with Crippen LogP contribution in [0.4, 0.5) is 0 Å². The molecule has 0 bridgehead atoms. The summed E-state index contributed by atoms with van der Waals surface area (Å²) in [6.07, 6.45) is 3.55. The second kappa shape index (κ2) is 8.22.